The zero-order chi connectivity index (χ0) is 15.6. The highest BCUT2D eigenvalue weighted by molar-refractivity contribution is 5.75. The smallest absolute Gasteiger partial charge is 0.150 e. The summed E-state index contributed by atoms with van der Waals surface area (Å²) in [4.78, 5) is 10.7. The number of nitrogens with zero attached hydrogens (tertiary/aromatic N) is 1. The van der Waals surface area contributed by atoms with Crippen molar-refractivity contribution in [2.45, 2.75) is 0 Å². The van der Waals surface area contributed by atoms with Crippen molar-refractivity contribution in [3.63, 3.8) is 0 Å². The summed E-state index contributed by atoms with van der Waals surface area (Å²) in [6.07, 6.45) is 4.05. The van der Waals surface area contributed by atoms with Crippen LogP contribution in [-0.2, 0) is 0 Å². The normalized spacial score (nSPS) is 9.05. The van der Waals surface area contributed by atoms with E-state index in [4.69, 9.17) is 5.26 Å². The topological polar surface area (TPSA) is 40.9 Å². The van der Waals surface area contributed by atoms with Gasteiger partial charge in [-0.2, -0.15) is 5.26 Å². The van der Waals surface area contributed by atoms with Gasteiger partial charge in [-0.25, -0.2) is 0 Å². The largest absolute Gasteiger partial charge is 0.298 e. The Hall–Kier alpha value is -3.54. The highest BCUT2D eigenvalue weighted by Gasteiger charge is 1.94. The Morgan fingerprint density at radius 1 is 0.864 bits per heavy atom. The van der Waals surface area contributed by atoms with Gasteiger partial charge in [-0.3, -0.25) is 4.79 Å². The maximum Gasteiger partial charge on any atom is 0.150 e. The number of hydrogen-bond donors (Lipinski definition) is 0. The van der Waals surface area contributed by atoms with Crippen molar-refractivity contribution in [3.8, 4) is 29.8 Å². The lowest BCUT2D eigenvalue weighted by Crippen LogP contribution is -1.80. The van der Waals surface area contributed by atoms with E-state index < -0.39 is 0 Å². The van der Waals surface area contributed by atoms with Gasteiger partial charge in [0.05, 0.1) is 5.56 Å². The van der Waals surface area contributed by atoms with E-state index in [1.807, 2.05) is 12.1 Å². The number of carbonyl (C=O) groups excluding carboxylic acids is 1. The van der Waals surface area contributed by atoms with Crippen LogP contribution in [0.1, 0.15) is 27.0 Å². The third-order valence-electron chi connectivity index (χ3n) is 2.74. The highest BCUT2D eigenvalue weighted by atomic mass is 16.1. The average molecular weight is 281 g/mol. The molecule has 0 saturated carbocycles. The minimum Gasteiger partial charge on any atom is -0.298 e. The summed E-state index contributed by atoms with van der Waals surface area (Å²) < 4.78 is 0. The van der Waals surface area contributed by atoms with Crippen LogP contribution in [0.5, 0.6) is 0 Å². The first-order valence-electron chi connectivity index (χ1n) is 6.56. The van der Waals surface area contributed by atoms with Crippen molar-refractivity contribution >= 4 is 6.29 Å². The van der Waals surface area contributed by atoms with E-state index in [0.717, 1.165) is 11.8 Å². The van der Waals surface area contributed by atoms with E-state index in [2.05, 4.69) is 29.8 Å². The van der Waals surface area contributed by atoms with Gasteiger partial charge in [0.2, 0.25) is 0 Å². The zero-order valence-corrected chi connectivity index (χ0v) is 11.7. The summed E-state index contributed by atoms with van der Waals surface area (Å²) in [5.41, 5.74) is 2.63. The van der Waals surface area contributed by atoms with Crippen LogP contribution < -0.4 is 0 Å². The predicted octanol–water partition coefficient (Wildman–Crippen LogP) is 3.33. The predicted molar refractivity (Wildman–Crippen MR) is 85.9 cm³/mol. The first-order valence-corrected chi connectivity index (χ1v) is 6.56. The fraction of sp³-hybridized carbons (Fsp3) is 0. The molecule has 0 aromatic heterocycles. The van der Waals surface area contributed by atoms with Gasteiger partial charge in [0.1, 0.15) is 12.4 Å². The molecule has 0 aliphatic heterocycles. The number of nitriles is 1. The van der Waals surface area contributed by atoms with Crippen LogP contribution in [0.25, 0.3) is 0 Å². The van der Waals surface area contributed by atoms with Crippen LogP contribution in [0, 0.1) is 35.0 Å². The van der Waals surface area contributed by atoms with Gasteiger partial charge in [0.15, 0.2) is 0 Å². The SMILES string of the molecule is N#Cc1ccccc1C#CC=CC#Cc1cccc(C=O)c1. The Labute approximate surface area is 129 Å². The number of allylic oxidation sites excluding steroid dienone is 2. The lowest BCUT2D eigenvalue weighted by molar-refractivity contribution is 0.112. The Morgan fingerprint density at radius 2 is 1.59 bits per heavy atom. The highest BCUT2D eigenvalue weighted by Crippen LogP contribution is 2.04. The van der Waals surface area contributed by atoms with Crippen LogP contribution in [0.15, 0.2) is 60.7 Å². The molecule has 2 aromatic carbocycles. The molecule has 0 N–H and O–H groups in total. The molecule has 0 atom stereocenters. The van der Waals surface area contributed by atoms with Crippen molar-refractivity contribution in [2.24, 2.45) is 0 Å². The lowest BCUT2D eigenvalue weighted by atomic mass is 10.1. The molecular formula is C20H11NO. The minimum absolute atomic E-state index is 0.556. The molecule has 0 amide bonds. The number of benzene rings is 2. The van der Waals surface area contributed by atoms with Crippen molar-refractivity contribution < 1.29 is 4.79 Å². The first-order chi connectivity index (χ1) is 10.8. The molecule has 22 heavy (non-hydrogen) atoms. The summed E-state index contributed by atoms with van der Waals surface area (Å²) in [7, 11) is 0. The van der Waals surface area contributed by atoms with Crippen LogP contribution in [0.3, 0.4) is 0 Å². The molecule has 0 aliphatic carbocycles. The summed E-state index contributed by atoms with van der Waals surface area (Å²) >= 11 is 0. The standard InChI is InChI=1S/C20H11NO/c21-15-20-13-6-5-12-19(20)11-4-2-1-3-8-17-9-7-10-18(14-17)16-22/h1-2,5-7,9-10,12-14,16H. The Morgan fingerprint density at radius 3 is 2.32 bits per heavy atom. The fourth-order valence-corrected chi connectivity index (χ4v) is 1.71. The molecule has 2 heteroatoms. The second-order valence-electron chi connectivity index (χ2n) is 4.27. The average Bonchev–Trinajstić information content (AvgIpc) is 2.58. The fourth-order valence-electron chi connectivity index (χ4n) is 1.71. The van der Waals surface area contributed by atoms with Crippen LogP contribution in [-0.4, -0.2) is 6.29 Å². The minimum atomic E-state index is 0.556. The molecule has 2 aromatic rings. The molecule has 0 fully saturated rings. The number of aldehydes is 1. The molecule has 102 valence electrons. The van der Waals surface area contributed by atoms with E-state index in [-0.39, 0.29) is 0 Å². The van der Waals surface area contributed by atoms with Gasteiger partial charge < -0.3 is 0 Å². The van der Waals surface area contributed by atoms with Gasteiger partial charge >= 0.3 is 0 Å². The zero-order valence-electron chi connectivity index (χ0n) is 11.7. The van der Waals surface area contributed by atoms with E-state index in [0.29, 0.717) is 16.7 Å². The molecule has 2 nitrogen and oxygen atoms in total. The first kappa shape index (κ1) is 14.9. The summed E-state index contributed by atoms with van der Waals surface area (Å²) in [5.74, 6) is 11.5. The maximum atomic E-state index is 10.7. The maximum absolute atomic E-state index is 10.7. The van der Waals surface area contributed by atoms with E-state index >= 15 is 0 Å². The molecular weight excluding hydrogens is 270 g/mol. The molecule has 0 radical (unpaired) electrons. The van der Waals surface area contributed by atoms with E-state index in [1.54, 1.807) is 48.6 Å². The van der Waals surface area contributed by atoms with Gasteiger partial charge in [0, 0.05) is 16.7 Å². The molecule has 0 heterocycles. The third-order valence-corrected chi connectivity index (χ3v) is 2.74. The summed E-state index contributed by atoms with van der Waals surface area (Å²) in [6, 6.07) is 16.4. The van der Waals surface area contributed by atoms with Crippen LogP contribution >= 0.6 is 0 Å². The van der Waals surface area contributed by atoms with Gasteiger partial charge in [0.25, 0.3) is 0 Å². The van der Waals surface area contributed by atoms with Crippen molar-refractivity contribution in [1.82, 2.24) is 0 Å². The van der Waals surface area contributed by atoms with E-state index in [1.165, 1.54) is 0 Å². The van der Waals surface area contributed by atoms with Crippen molar-refractivity contribution in [3.05, 3.63) is 82.9 Å². The molecule has 0 saturated heterocycles. The molecule has 0 aliphatic rings. The number of carbonyl (C=O) groups is 1. The Kier molecular flexibility index (Phi) is 5.34. The van der Waals surface area contributed by atoms with Gasteiger partial charge in [-0.15, -0.1) is 0 Å². The summed E-state index contributed by atoms with van der Waals surface area (Å²) in [6.45, 7) is 0. The monoisotopic (exact) mass is 281 g/mol. The van der Waals surface area contributed by atoms with Gasteiger partial charge in [-0.1, -0.05) is 47.9 Å². The molecule has 2 rings (SSSR count). The molecule has 0 bridgehead atoms. The second-order valence-corrected chi connectivity index (χ2v) is 4.27. The van der Waals surface area contributed by atoms with Crippen LogP contribution in [0.4, 0.5) is 0 Å². The Balaban J connectivity index is 2.06. The van der Waals surface area contributed by atoms with E-state index in [9.17, 15) is 4.79 Å². The van der Waals surface area contributed by atoms with Crippen LogP contribution in [0.2, 0.25) is 0 Å². The van der Waals surface area contributed by atoms with Gasteiger partial charge in [-0.05, 0) is 36.4 Å². The number of rotatable bonds is 1. The van der Waals surface area contributed by atoms with Crippen molar-refractivity contribution in [1.29, 1.82) is 5.26 Å². The third kappa shape index (κ3) is 4.24. The Bertz CT molecular complexity index is 877. The quantitative estimate of drug-likeness (QED) is 0.594. The molecule has 0 unspecified atom stereocenters. The second kappa shape index (κ2) is 7.91. The summed E-state index contributed by atoms with van der Waals surface area (Å²) in [5, 5.41) is 8.95. The number of hydrogen-bond acceptors (Lipinski definition) is 2. The lowest BCUT2D eigenvalue weighted by Gasteiger charge is -1.91. The molecule has 0 spiro atoms. The van der Waals surface area contributed by atoms with Crippen molar-refractivity contribution in [2.75, 3.05) is 0 Å².